The van der Waals surface area contributed by atoms with E-state index in [1.54, 1.807) is 0 Å². The summed E-state index contributed by atoms with van der Waals surface area (Å²) in [5, 5.41) is 16.1. The van der Waals surface area contributed by atoms with Crippen LogP contribution in [0, 0.1) is 0 Å². The number of benzene rings is 2. The van der Waals surface area contributed by atoms with Gasteiger partial charge in [-0.1, -0.05) is 60.7 Å². The molecule has 2 aromatic carbocycles. The lowest BCUT2D eigenvalue weighted by atomic mass is 10.0. The molecule has 2 heterocycles. The molecule has 5 N–H and O–H groups in total. The molecule has 1 unspecified atom stereocenters. The minimum atomic E-state index is -1.29. The van der Waals surface area contributed by atoms with Crippen LogP contribution >= 0.6 is 11.6 Å². The molecule has 13 nitrogen and oxygen atoms in total. The average molecular weight is 603 g/mol. The number of carboxylic acids is 2. The summed E-state index contributed by atoms with van der Waals surface area (Å²) in [5.74, 6) is -2.50. The van der Waals surface area contributed by atoms with Gasteiger partial charge in [0.25, 0.3) is 5.56 Å². The Kier molecular flexibility index (Phi) is 13.1. The molecule has 4 rings (SSSR count). The number of hydrogen-bond acceptors (Lipinski definition) is 8. The highest BCUT2D eigenvalue weighted by molar-refractivity contribution is 6.28. The summed E-state index contributed by atoms with van der Waals surface area (Å²) in [5.41, 5.74) is 6.89. The maximum absolute atomic E-state index is 11.5. The topological polar surface area (TPSA) is 186 Å². The summed E-state index contributed by atoms with van der Waals surface area (Å²) in [6, 6.07) is 19.5. The minimum Gasteiger partial charge on any atom is -0.481 e. The van der Waals surface area contributed by atoms with Crippen molar-refractivity contribution in [2.24, 2.45) is 19.8 Å². The second-order valence-electron chi connectivity index (χ2n) is 9.35. The third-order valence-corrected chi connectivity index (χ3v) is 5.98. The van der Waals surface area contributed by atoms with E-state index in [1.807, 2.05) is 12.1 Å². The highest BCUT2D eigenvalue weighted by Gasteiger charge is 2.15. The Hall–Kier alpha value is -4.30. The van der Waals surface area contributed by atoms with Crippen molar-refractivity contribution in [3.63, 3.8) is 0 Å². The van der Waals surface area contributed by atoms with Gasteiger partial charge in [-0.15, -0.1) is 0 Å². The fraction of sp³-hybridized carbons (Fsp3) is 0.321. The lowest BCUT2D eigenvalue weighted by molar-refractivity contribution is -0.144. The molecule has 0 amide bonds. The second kappa shape index (κ2) is 16.2. The Bertz CT molecular complexity index is 1530. The van der Waals surface area contributed by atoms with Crippen LogP contribution in [0.25, 0.3) is 11.2 Å². The number of aromatic amines is 1. The summed E-state index contributed by atoms with van der Waals surface area (Å²) in [7, 11) is 7.05. The zero-order valence-corrected chi connectivity index (χ0v) is 24.5. The van der Waals surface area contributed by atoms with Crippen LogP contribution in [-0.4, -0.2) is 79.4 Å². The molecule has 0 bridgehead atoms. The number of halogens is 1. The molecule has 0 radical (unpaired) electrons. The number of aliphatic carboxylic acids is 2. The van der Waals surface area contributed by atoms with Crippen molar-refractivity contribution in [1.29, 1.82) is 0 Å². The normalized spacial score (nSPS) is 11.4. The zero-order chi connectivity index (χ0) is 31.4. The van der Waals surface area contributed by atoms with E-state index < -0.39 is 35.7 Å². The highest BCUT2D eigenvalue weighted by atomic mass is 35.5. The number of hydrogen-bond donors (Lipinski definition) is 4. The number of rotatable bonds is 9. The van der Waals surface area contributed by atoms with E-state index in [0.29, 0.717) is 0 Å². The van der Waals surface area contributed by atoms with E-state index in [2.05, 4.69) is 77.5 Å². The molecule has 0 aliphatic heterocycles. The third kappa shape index (κ3) is 9.96. The van der Waals surface area contributed by atoms with Gasteiger partial charge in [0.2, 0.25) is 5.28 Å². The van der Waals surface area contributed by atoms with Crippen LogP contribution in [0.1, 0.15) is 23.7 Å². The van der Waals surface area contributed by atoms with Gasteiger partial charge in [-0.3, -0.25) is 23.5 Å². The maximum Gasteiger partial charge on any atom is 0.332 e. The lowest BCUT2D eigenvalue weighted by Gasteiger charge is -2.20. The Morgan fingerprint density at radius 3 is 1.95 bits per heavy atom. The second-order valence-corrected chi connectivity index (χ2v) is 9.71. The lowest BCUT2D eigenvalue weighted by Crippen LogP contribution is -2.36. The molecule has 2 aromatic heterocycles. The fourth-order valence-electron chi connectivity index (χ4n) is 3.57. The number of nitrogens with two attached hydrogens (primary N) is 1. The molecule has 1 atom stereocenters. The van der Waals surface area contributed by atoms with Crippen LogP contribution in [-0.2, 0) is 28.4 Å². The molecule has 0 saturated carbocycles. The van der Waals surface area contributed by atoms with E-state index in [1.165, 1.54) is 29.8 Å². The monoisotopic (exact) mass is 602 g/mol. The summed E-state index contributed by atoms with van der Waals surface area (Å²) in [6.07, 6.45) is -0.516. The highest BCUT2D eigenvalue weighted by Crippen LogP contribution is 2.25. The number of carboxylic acid groups (broad SMARTS) is 2. The van der Waals surface area contributed by atoms with E-state index in [4.69, 9.17) is 32.3 Å². The average Bonchev–Trinajstić information content (AvgIpc) is 3.36. The molecular formula is C28H35ClN6O7. The van der Waals surface area contributed by atoms with Crippen molar-refractivity contribution in [2.75, 3.05) is 27.2 Å². The molecule has 0 saturated heterocycles. The predicted molar refractivity (Wildman–Crippen MR) is 159 cm³/mol. The van der Waals surface area contributed by atoms with Crippen LogP contribution in [0.5, 0.6) is 0 Å². The number of fused-ring (bicyclic) bond motifs is 1. The smallest absolute Gasteiger partial charge is 0.332 e. The van der Waals surface area contributed by atoms with Gasteiger partial charge in [0.05, 0.1) is 13.0 Å². The Morgan fingerprint density at radius 2 is 1.52 bits per heavy atom. The number of likely N-dealkylation sites (N-methyl/N-ethyl adjacent to an activating group) is 1. The van der Waals surface area contributed by atoms with Crippen LogP contribution in [0.3, 0.4) is 0 Å². The number of aryl methyl sites for hydroxylation is 1. The number of nitrogens with one attached hydrogen (secondary N) is 1. The summed E-state index contributed by atoms with van der Waals surface area (Å²) in [6.45, 7) is 1.65. The van der Waals surface area contributed by atoms with E-state index >= 15 is 0 Å². The molecule has 14 heteroatoms. The summed E-state index contributed by atoms with van der Waals surface area (Å²) < 4.78 is 8.34. The van der Waals surface area contributed by atoms with Gasteiger partial charge in [0.1, 0.15) is 12.1 Å². The maximum atomic E-state index is 11.5. The van der Waals surface area contributed by atoms with E-state index in [0.717, 1.165) is 17.7 Å². The third-order valence-electron chi connectivity index (χ3n) is 5.81. The number of aromatic nitrogens is 4. The first kappa shape index (κ1) is 33.9. The zero-order valence-electron chi connectivity index (χ0n) is 23.7. The van der Waals surface area contributed by atoms with E-state index in [-0.39, 0.29) is 22.6 Å². The van der Waals surface area contributed by atoms with Crippen LogP contribution < -0.4 is 17.0 Å². The SMILES string of the molecule is CN(C)CCOC(c1ccccc1)c1ccccc1.Cn1c(=O)c2[nH]c(Cl)nc2n(C)c1=O.NC(CC(=O)O)C(=O)O. The van der Waals surface area contributed by atoms with Crippen molar-refractivity contribution in [1.82, 2.24) is 24.0 Å². The van der Waals surface area contributed by atoms with Gasteiger partial charge >= 0.3 is 17.6 Å². The molecule has 226 valence electrons. The predicted octanol–water partition coefficient (Wildman–Crippen LogP) is 1.84. The van der Waals surface area contributed by atoms with E-state index in [9.17, 15) is 19.2 Å². The fourth-order valence-corrected chi connectivity index (χ4v) is 3.74. The van der Waals surface area contributed by atoms with Crippen molar-refractivity contribution in [2.45, 2.75) is 18.6 Å². The van der Waals surface area contributed by atoms with Gasteiger partial charge in [-0.25, -0.2) is 4.79 Å². The van der Waals surface area contributed by atoms with Gasteiger partial charge < -0.3 is 30.6 Å². The molecule has 0 fully saturated rings. The quantitative estimate of drug-likeness (QED) is 0.206. The number of imidazole rings is 1. The van der Waals surface area contributed by atoms with Crippen LogP contribution in [0.15, 0.2) is 70.3 Å². The Balaban J connectivity index is 0.000000236. The van der Waals surface area contributed by atoms with Crippen molar-refractivity contribution in [3.8, 4) is 0 Å². The first-order valence-electron chi connectivity index (χ1n) is 12.7. The Morgan fingerprint density at radius 1 is 1.00 bits per heavy atom. The first-order chi connectivity index (χ1) is 19.8. The Labute approximate surface area is 246 Å². The number of ether oxygens (including phenoxy) is 1. The van der Waals surface area contributed by atoms with Gasteiger partial charge in [0.15, 0.2) is 11.2 Å². The molecule has 0 spiro atoms. The first-order valence-corrected chi connectivity index (χ1v) is 13.1. The molecule has 42 heavy (non-hydrogen) atoms. The standard InChI is InChI=1S/C17H21NO.C7H7ClN4O2.C4H7NO4/c1-18(2)13-14-19-17(15-9-5-3-6-10-15)16-11-7-4-8-12-16;1-11-4-3(9-6(8)10-4)5(13)12(2)7(11)14;5-2(4(8)9)1-3(6)7/h3-12,17H,13-14H2,1-2H3;1-2H3,(H,9,10);2H,1,5H2,(H,6,7)(H,8,9). The summed E-state index contributed by atoms with van der Waals surface area (Å²) >= 11 is 5.60. The molecular weight excluding hydrogens is 568 g/mol. The van der Waals surface area contributed by atoms with Crippen molar-refractivity contribution >= 4 is 34.7 Å². The van der Waals surface area contributed by atoms with Crippen molar-refractivity contribution in [3.05, 3.63) is 97.9 Å². The van der Waals surface area contributed by atoms with Crippen molar-refractivity contribution < 1.29 is 24.5 Å². The van der Waals surface area contributed by atoms with Crippen LogP contribution in [0.2, 0.25) is 5.28 Å². The van der Waals surface area contributed by atoms with Gasteiger partial charge in [-0.2, -0.15) is 4.98 Å². The minimum absolute atomic E-state index is 0.0161. The number of H-pyrrole nitrogens is 1. The largest absolute Gasteiger partial charge is 0.481 e. The number of nitrogens with zero attached hydrogens (tertiary/aromatic N) is 4. The van der Waals surface area contributed by atoms with Gasteiger partial charge in [0, 0.05) is 20.6 Å². The van der Waals surface area contributed by atoms with Gasteiger partial charge in [-0.05, 0) is 36.8 Å². The summed E-state index contributed by atoms with van der Waals surface area (Å²) in [4.78, 5) is 51.2. The number of carbonyl (C=O) groups is 2. The molecule has 0 aliphatic rings. The molecule has 4 aromatic rings. The van der Waals surface area contributed by atoms with Crippen LogP contribution in [0.4, 0.5) is 0 Å². The molecule has 0 aliphatic carbocycles.